The summed E-state index contributed by atoms with van der Waals surface area (Å²) in [6.45, 7) is 3.06. The van der Waals surface area contributed by atoms with Gasteiger partial charge in [0.1, 0.15) is 17.9 Å². The second kappa shape index (κ2) is 7.97. The number of carbonyl (C=O) groups is 1. The van der Waals surface area contributed by atoms with Crippen molar-refractivity contribution in [2.75, 3.05) is 10.0 Å². The molecule has 29 heavy (non-hydrogen) atoms. The maximum Gasteiger partial charge on any atom is 0.309 e. The molecule has 0 bridgehead atoms. The zero-order chi connectivity index (χ0) is 21.2. The number of aromatic nitrogens is 3. The van der Waals surface area contributed by atoms with Crippen molar-refractivity contribution in [1.29, 1.82) is 0 Å². The Morgan fingerprint density at radius 1 is 1.31 bits per heavy atom. The van der Waals surface area contributed by atoms with Crippen LogP contribution in [0.1, 0.15) is 18.7 Å². The number of hydrogen-bond acceptors (Lipinski definition) is 8. The summed E-state index contributed by atoms with van der Waals surface area (Å²) in [5.41, 5.74) is 0.452. The average molecular weight is 436 g/mol. The molecule has 0 aliphatic rings. The molecule has 152 valence electrons. The molecule has 0 fully saturated rings. The van der Waals surface area contributed by atoms with Crippen LogP contribution in [0.2, 0.25) is 0 Å². The quantitative estimate of drug-likeness (QED) is 0.427. The van der Waals surface area contributed by atoms with Gasteiger partial charge in [0.25, 0.3) is 10.0 Å². The summed E-state index contributed by atoms with van der Waals surface area (Å²) >= 11 is 1.15. The van der Waals surface area contributed by atoms with Crippen molar-refractivity contribution in [3.63, 3.8) is 0 Å². The summed E-state index contributed by atoms with van der Waals surface area (Å²) in [4.78, 5) is 26.7. The van der Waals surface area contributed by atoms with Crippen molar-refractivity contribution in [3.05, 3.63) is 57.8 Å². The first-order valence-electron chi connectivity index (χ1n) is 8.21. The van der Waals surface area contributed by atoms with E-state index in [1.807, 2.05) is 0 Å². The molecule has 1 amide bonds. The van der Waals surface area contributed by atoms with Gasteiger partial charge in [-0.2, -0.15) is 5.10 Å². The Bertz CT molecular complexity index is 1140. The van der Waals surface area contributed by atoms with Gasteiger partial charge in [-0.15, -0.1) is 11.3 Å². The van der Waals surface area contributed by atoms with Crippen LogP contribution in [0.5, 0.6) is 0 Å². The predicted molar refractivity (Wildman–Crippen MR) is 106 cm³/mol. The van der Waals surface area contributed by atoms with E-state index in [-0.39, 0.29) is 21.4 Å². The van der Waals surface area contributed by atoms with E-state index in [0.29, 0.717) is 5.69 Å². The second-order valence-electron chi connectivity index (χ2n) is 5.95. The second-order valence-corrected chi connectivity index (χ2v) is 8.53. The van der Waals surface area contributed by atoms with Crippen LogP contribution < -0.4 is 10.0 Å². The van der Waals surface area contributed by atoms with Gasteiger partial charge in [-0.05, 0) is 38.1 Å². The number of anilines is 2. The molecule has 0 saturated heterocycles. The van der Waals surface area contributed by atoms with Crippen LogP contribution in [0.4, 0.5) is 16.5 Å². The molecule has 3 aromatic rings. The molecule has 2 N–H and O–H groups in total. The number of nitrogens with one attached hydrogen (secondary N) is 2. The van der Waals surface area contributed by atoms with E-state index in [1.54, 1.807) is 12.3 Å². The van der Waals surface area contributed by atoms with Crippen LogP contribution in [0.25, 0.3) is 0 Å². The monoisotopic (exact) mass is 436 g/mol. The van der Waals surface area contributed by atoms with E-state index in [9.17, 15) is 23.3 Å². The average Bonchev–Trinajstić information content (AvgIpc) is 3.30. The van der Waals surface area contributed by atoms with Crippen molar-refractivity contribution in [2.24, 2.45) is 0 Å². The summed E-state index contributed by atoms with van der Waals surface area (Å²) in [5.74, 6) is -0.456. The molecule has 2 heterocycles. The maximum absolute atomic E-state index is 12.5. The number of hydrogen-bond donors (Lipinski definition) is 2. The highest BCUT2D eigenvalue weighted by atomic mass is 32.2. The standard InChI is InChI=1S/C16H16N6O5S2/c1-10-14(22(24)25)9-18-21(10)11(2)15(23)19-12-3-5-13(6-4-12)29(26,27)20-16-17-7-8-28-16/h3-9,11H,1-2H3,(H,17,20)(H,19,23). The zero-order valence-electron chi connectivity index (χ0n) is 15.3. The maximum atomic E-state index is 12.5. The molecule has 1 atom stereocenters. The van der Waals surface area contributed by atoms with Gasteiger partial charge in [0.05, 0.1) is 9.82 Å². The molecule has 0 radical (unpaired) electrons. The first-order chi connectivity index (χ1) is 13.7. The molecule has 2 aromatic heterocycles. The van der Waals surface area contributed by atoms with Crippen molar-refractivity contribution < 1.29 is 18.1 Å². The molecular formula is C16H16N6O5S2. The molecule has 0 spiro atoms. The molecule has 1 unspecified atom stereocenters. The number of sulfonamides is 1. The third kappa shape index (κ3) is 4.41. The third-order valence-electron chi connectivity index (χ3n) is 4.05. The number of thiazole rings is 1. The van der Waals surface area contributed by atoms with Crippen molar-refractivity contribution in [1.82, 2.24) is 14.8 Å². The van der Waals surface area contributed by atoms with Crippen LogP contribution in [0, 0.1) is 17.0 Å². The molecule has 13 heteroatoms. The Morgan fingerprint density at radius 2 is 2.00 bits per heavy atom. The highest BCUT2D eigenvalue weighted by molar-refractivity contribution is 7.93. The van der Waals surface area contributed by atoms with Gasteiger partial charge in [0.15, 0.2) is 5.13 Å². The first-order valence-corrected chi connectivity index (χ1v) is 10.6. The van der Waals surface area contributed by atoms with E-state index in [4.69, 9.17) is 0 Å². The van der Waals surface area contributed by atoms with E-state index in [0.717, 1.165) is 17.5 Å². The van der Waals surface area contributed by atoms with E-state index in [1.165, 1.54) is 42.1 Å². The number of carbonyl (C=O) groups excluding carboxylic acids is 1. The molecular weight excluding hydrogens is 420 g/mol. The lowest BCUT2D eigenvalue weighted by molar-refractivity contribution is -0.385. The lowest BCUT2D eigenvalue weighted by Gasteiger charge is -2.14. The van der Waals surface area contributed by atoms with Crippen molar-refractivity contribution in [2.45, 2.75) is 24.8 Å². The van der Waals surface area contributed by atoms with Gasteiger partial charge in [-0.1, -0.05) is 0 Å². The first kappa shape index (κ1) is 20.4. The molecule has 0 aliphatic carbocycles. The van der Waals surface area contributed by atoms with Gasteiger partial charge in [0.2, 0.25) is 5.91 Å². The Labute approximate surface area is 169 Å². The summed E-state index contributed by atoms with van der Waals surface area (Å²) < 4.78 is 28.3. The van der Waals surface area contributed by atoms with Crippen molar-refractivity contribution in [3.8, 4) is 0 Å². The van der Waals surface area contributed by atoms with E-state index < -0.39 is 26.9 Å². The molecule has 11 nitrogen and oxygen atoms in total. The predicted octanol–water partition coefficient (Wildman–Crippen LogP) is 2.56. The molecule has 3 rings (SSSR count). The molecule has 0 aliphatic heterocycles. The number of nitrogens with zero attached hydrogens (tertiary/aromatic N) is 4. The normalized spacial score (nSPS) is 12.3. The zero-order valence-corrected chi connectivity index (χ0v) is 16.9. The largest absolute Gasteiger partial charge is 0.324 e. The highest BCUT2D eigenvalue weighted by Gasteiger charge is 2.24. The third-order valence-corrected chi connectivity index (χ3v) is 6.22. The van der Waals surface area contributed by atoms with Crippen molar-refractivity contribution >= 4 is 43.8 Å². The minimum Gasteiger partial charge on any atom is -0.324 e. The Kier molecular flexibility index (Phi) is 5.61. The Hall–Kier alpha value is -3.32. The lowest BCUT2D eigenvalue weighted by Crippen LogP contribution is -2.25. The van der Waals surface area contributed by atoms with Crippen LogP contribution in [-0.4, -0.2) is 34.0 Å². The summed E-state index contributed by atoms with van der Waals surface area (Å²) in [5, 5.41) is 19.4. The van der Waals surface area contributed by atoms with Gasteiger partial charge in [-0.25, -0.2) is 13.4 Å². The van der Waals surface area contributed by atoms with E-state index in [2.05, 4.69) is 20.1 Å². The van der Waals surface area contributed by atoms with Crippen LogP contribution in [-0.2, 0) is 14.8 Å². The topological polar surface area (TPSA) is 149 Å². The lowest BCUT2D eigenvalue weighted by atomic mass is 10.2. The fourth-order valence-corrected chi connectivity index (χ4v) is 4.30. The summed E-state index contributed by atoms with van der Waals surface area (Å²) in [7, 11) is -3.79. The summed E-state index contributed by atoms with van der Waals surface area (Å²) in [6, 6.07) is 4.78. The van der Waals surface area contributed by atoms with Gasteiger partial charge >= 0.3 is 5.69 Å². The summed E-state index contributed by atoms with van der Waals surface area (Å²) in [6.07, 6.45) is 2.58. The van der Waals surface area contributed by atoms with Crippen LogP contribution in [0.15, 0.2) is 46.9 Å². The van der Waals surface area contributed by atoms with Crippen LogP contribution >= 0.6 is 11.3 Å². The van der Waals surface area contributed by atoms with Gasteiger partial charge in [0, 0.05) is 17.3 Å². The fraction of sp³-hybridized carbons (Fsp3) is 0.188. The SMILES string of the molecule is Cc1c([N+](=O)[O-])cnn1C(C)C(=O)Nc1ccc(S(=O)(=O)Nc2nccs2)cc1. The number of benzene rings is 1. The number of amides is 1. The van der Waals surface area contributed by atoms with Gasteiger partial charge in [-0.3, -0.25) is 24.3 Å². The molecule has 1 aromatic carbocycles. The smallest absolute Gasteiger partial charge is 0.309 e. The Balaban J connectivity index is 1.70. The molecule has 0 saturated carbocycles. The minimum atomic E-state index is -3.79. The van der Waals surface area contributed by atoms with Crippen LogP contribution in [0.3, 0.4) is 0 Å². The van der Waals surface area contributed by atoms with E-state index >= 15 is 0 Å². The Morgan fingerprint density at radius 3 is 2.55 bits per heavy atom. The van der Waals surface area contributed by atoms with Gasteiger partial charge < -0.3 is 5.32 Å². The number of nitro groups is 1. The fourth-order valence-electron chi connectivity index (χ4n) is 2.51. The minimum absolute atomic E-state index is 0.0114. The number of rotatable bonds is 7. The highest BCUT2D eigenvalue weighted by Crippen LogP contribution is 2.22.